The number of fused-ring (bicyclic) bond motifs is 1. The Balaban J connectivity index is 1.95. The van der Waals surface area contributed by atoms with E-state index in [-0.39, 0.29) is 11.6 Å². The molecule has 1 heterocycles. The van der Waals surface area contributed by atoms with E-state index in [1.165, 1.54) is 12.1 Å². The molecule has 0 fully saturated rings. The average molecular weight is 306 g/mol. The van der Waals surface area contributed by atoms with Crippen LogP contribution in [0.2, 0.25) is 5.02 Å². The van der Waals surface area contributed by atoms with E-state index in [1.54, 1.807) is 18.2 Å². The van der Waals surface area contributed by atoms with Crippen molar-refractivity contribution in [2.45, 2.75) is 12.8 Å². The van der Waals surface area contributed by atoms with Gasteiger partial charge in [-0.15, -0.1) is 0 Å². The molecule has 4 N–H and O–H groups in total. The molecule has 0 aromatic heterocycles. The molecule has 21 heavy (non-hydrogen) atoms. The van der Waals surface area contributed by atoms with E-state index in [4.69, 9.17) is 17.3 Å². The zero-order valence-electron chi connectivity index (χ0n) is 11.0. The maximum atomic E-state index is 13.8. The number of nitrogen functional groups attached to an aromatic ring is 1. The van der Waals surface area contributed by atoms with Gasteiger partial charge >= 0.3 is 0 Å². The van der Waals surface area contributed by atoms with E-state index in [2.05, 4.69) is 10.6 Å². The fraction of sp³-hybridized carbons (Fsp3) is 0.133. The van der Waals surface area contributed by atoms with Gasteiger partial charge in [0.15, 0.2) is 0 Å². The quantitative estimate of drug-likeness (QED) is 0.741. The number of anilines is 4. The Hall–Kier alpha value is -2.27. The van der Waals surface area contributed by atoms with Crippen molar-refractivity contribution in [1.29, 1.82) is 0 Å². The van der Waals surface area contributed by atoms with Gasteiger partial charge in [0.05, 0.1) is 17.1 Å². The minimum absolute atomic E-state index is 0.0316. The maximum Gasteiger partial charge on any atom is 0.224 e. The summed E-state index contributed by atoms with van der Waals surface area (Å²) in [6.07, 6.45) is 1.10. The topological polar surface area (TPSA) is 67.2 Å². The van der Waals surface area contributed by atoms with Crippen molar-refractivity contribution in [1.82, 2.24) is 0 Å². The van der Waals surface area contributed by atoms with Crippen molar-refractivity contribution < 1.29 is 9.18 Å². The molecule has 6 heteroatoms. The predicted molar refractivity (Wildman–Crippen MR) is 82.5 cm³/mol. The van der Waals surface area contributed by atoms with E-state index in [0.29, 0.717) is 34.9 Å². The van der Waals surface area contributed by atoms with Crippen molar-refractivity contribution >= 4 is 40.3 Å². The second-order valence-corrected chi connectivity index (χ2v) is 5.33. The molecule has 1 aliphatic rings. The molecule has 0 aliphatic carbocycles. The summed E-state index contributed by atoms with van der Waals surface area (Å²) >= 11 is 5.72. The molecular formula is C15H13ClFN3O. The Morgan fingerprint density at radius 3 is 2.76 bits per heavy atom. The smallest absolute Gasteiger partial charge is 0.224 e. The summed E-state index contributed by atoms with van der Waals surface area (Å²) < 4.78 is 13.8. The van der Waals surface area contributed by atoms with Crippen LogP contribution in [0.3, 0.4) is 0 Å². The van der Waals surface area contributed by atoms with Gasteiger partial charge in [0, 0.05) is 17.1 Å². The third-order valence-electron chi connectivity index (χ3n) is 3.37. The molecule has 4 nitrogen and oxygen atoms in total. The predicted octanol–water partition coefficient (Wildman–Crippen LogP) is 3.69. The lowest BCUT2D eigenvalue weighted by atomic mass is 10.0. The van der Waals surface area contributed by atoms with Crippen molar-refractivity contribution in [3.8, 4) is 0 Å². The number of amides is 1. The van der Waals surface area contributed by atoms with E-state index >= 15 is 0 Å². The second kappa shape index (κ2) is 5.26. The molecule has 108 valence electrons. The van der Waals surface area contributed by atoms with Crippen LogP contribution in [-0.4, -0.2) is 5.91 Å². The van der Waals surface area contributed by atoms with Crippen molar-refractivity contribution in [2.75, 3.05) is 16.4 Å². The Morgan fingerprint density at radius 1 is 1.19 bits per heavy atom. The first-order valence-corrected chi connectivity index (χ1v) is 6.85. The van der Waals surface area contributed by atoms with Gasteiger partial charge < -0.3 is 16.4 Å². The van der Waals surface area contributed by atoms with Crippen LogP contribution in [0.1, 0.15) is 12.0 Å². The first-order chi connectivity index (χ1) is 10.0. The number of rotatable bonds is 2. The number of carbonyl (C=O) groups is 1. The first-order valence-electron chi connectivity index (χ1n) is 6.47. The Bertz CT molecular complexity index is 733. The number of benzene rings is 2. The highest BCUT2D eigenvalue weighted by molar-refractivity contribution is 6.30. The van der Waals surface area contributed by atoms with Crippen LogP contribution < -0.4 is 16.4 Å². The second-order valence-electron chi connectivity index (χ2n) is 4.89. The third-order valence-corrected chi connectivity index (χ3v) is 3.61. The largest absolute Gasteiger partial charge is 0.397 e. The van der Waals surface area contributed by atoms with Crippen LogP contribution in [0, 0.1) is 5.82 Å². The van der Waals surface area contributed by atoms with Gasteiger partial charge in [-0.05, 0) is 42.3 Å². The summed E-state index contributed by atoms with van der Waals surface area (Å²) in [4.78, 5) is 11.4. The summed E-state index contributed by atoms with van der Waals surface area (Å²) in [5.74, 6) is -0.500. The standard InChI is InChI=1S/C15H13ClFN3O/c16-9-2-3-12(10(17)6-9)19-14-7-13-8(5-11(14)18)1-4-15(21)20-13/h2-3,5-7,19H,1,4,18H2,(H,20,21). The molecule has 0 spiro atoms. The highest BCUT2D eigenvalue weighted by atomic mass is 35.5. The number of halogens is 2. The number of hydrogen-bond acceptors (Lipinski definition) is 3. The number of aryl methyl sites for hydroxylation is 1. The molecule has 0 atom stereocenters. The fourth-order valence-electron chi connectivity index (χ4n) is 2.29. The summed E-state index contributed by atoms with van der Waals surface area (Å²) in [6, 6.07) is 7.86. The normalized spacial score (nSPS) is 13.5. The van der Waals surface area contributed by atoms with Crippen molar-refractivity contribution in [3.05, 3.63) is 46.7 Å². The van der Waals surface area contributed by atoms with Crippen molar-refractivity contribution in [3.63, 3.8) is 0 Å². The SMILES string of the molecule is Nc1cc2c(cc1Nc1ccc(Cl)cc1F)NC(=O)CC2. The summed E-state index contributed by atoms with van der Waals surface area (Å²) in [5, 5.41) is 6.03. The van der Waals surface area contributed by atoms with E-state index in [1.807, 2.05) is 0 Å². The Kier molecular flexibility index (Phi) is 3.43. The van der Waals surface area contributed by atoms with Crippen LogP contribution in [0.5, 0.6) is 0 Å². The summed E-state index contributed by atoms with van der Waals surface area (Å²) in [6.45, 7) is 0. The highest BCUT2D eigenvalue weighted by Crippen LogP contribution is 2.33. The van der Waals surface area contributed by atoms with Crippen LogP contribution in [0.25, 0.3) is 0 Å². The lowest BCUT2D eigenvalue weighted by Gasteiger charge is -2.20. The zero-order chi connectivity index (χ0) is 15.0. The van der Waals surface area contributed by atoms with E-state index in [9.17, 15) is 9.18 Å². The van der Waals surface area contributed by atoms with Crippen LogP contribution >= 0.6 is 11.6 Å². The average Bonchev–Trinajstić information content (AvgIpc) is 2.43. The molecule has 0 radical (unpaired) electrons. The van der Waals surface area contributed by atoms with Gasteiger partial charge in [-0.2, -0.15) is 0 Å². The Morgan fingerprint density at radius 2 is 2.00 bits per heavy atom. The lowest BCUT2D eigenvalue weighted by molar-refractivity contribution is -0.116. The van der Waals surface area contributed by atoms with Crippen LogP contribution in [0.15, 0.2) is 30.3 Å². The molecule has 2 aromatic rings. The summed E-state index contributed by atoms with van der Waals surface area (Å²) in [7, 11) is 0. The molecule has 2 aromatic carbocycles. The number of hydrogen-bond donors (Lipinski definition) is 3. The van der Waals surface area contributed by atoms with Gasteiger partial charge in [0.25, 0.3) is 0 Å². The van der Waals surface area contributed by atoms with Gasteiger partial charge in [0.1, 0.15) is 5.82 Å². The van der Waals surface area contributed by atoms with Crippen LogP contribution in [-0.2, 0) is 11.2 Å². The molecule has 3 rings (SSSR count). The molecule has 0 saturated heterocycles. The summed E-state index contributed by atoms with van der Waals surface area (Å²) in [5.41, 5.74) is 8.98. The molecule has 0 unspecified atom stereocenters. The fourth-order valence-corrected chi connectivity index (χ4v) is 2.45. The monoisotopic (exact) mass is 305 g/mol. The maximum absolute atomic E-state index is 13.8. The molecular weight excluding hydrogens is 293 g/mol. The molecule has 0 bridgehead atoms. The number of nitrogens with one attached hydrogen (secondary N) is 2. The van der Waals surface area contributed by atoms with Crippen LogP contribution in [0.4, 0.5) is 27.1 Å². The van der Waals surface area contributed by atoms with Gasteiger partial charge in [-0.3, -0.25) is 4.79 Å². The van der Waals surface area contributed by atoms with Gasteiger partial charge in [0.2, 0.25) is 5.91 Å². The minimum atomic E-state index is -0.469. The highest BCUT2D eigenvalue weighted by Gasteiger charge is 2.17. The number of nitrogens with two attached hydrogens (primary N) is 1. The molecule has 0 saturated carbocycles. The minimum Gasteiger partial charge on any atom is -0.397 e. The molecule has 1 aliphatic heterocycles. The molecule has 1 amide bonds. The zero-order valence-corrected chi connectivity index (χ0v) is 11.8. The third kappa shape index (κ3) is 2.78. The van der Waals surface area contributed by atoms with Crippen molar-refractivity contribution in [2.24, 2.45) is 0 Å². The van der Waals surface area contributed by atoms with E-state index in [0.717, 1.165) is 5.56 Å². The van der Waals surface area contributed by atoms with Gasteiger partial charge in [-0.1, -0.05) is 11.6 Å². The first kappa shape index (κ1) is 13.7. The van der Waals surface area contributed by atoms with Gasteiger partial charge in [-0.25, -0.2) is 4.39 Å². The number of carbonyl (C=O) groups excluding carboxylic acids is 1. The lowest BCUT2D eigenvalue weighted by Crippen LogP contribution is -2.19. The van der Waals surface area contributed by atoms with E-state index < -0.39 is 5.82 Å². The Labute approximate surface area is 126 Å².